The van der Waals surface area contributed by atoms with Crippen molar-refractivity contribution in [1.82, 2.24) is 9.88 Å². The molecule has 0 spiro atoms. The molecule has 0 aliphatic carbocycles. The van der Waals surface area contributed by atoms with Crippen LogP contribution in [0.3, 0.4) is 0 Å². The average Bonchev–Trinajstić information content (AvgIpc) is 2.54. The topological polar surface area (TPSA) is 33.2 Å². The highest BCUT2D eigenvalue weighted by molar-refractivity contribution is 7.81. The molecule has 1 unspecified atom stereocenters. The molecule has 1 aromatic rings. The van der Waals surface area contributed by atoms with Gasteiger partial charge in [0.25, 0.3) is 0 Å². The van der Waals surface area contributed by atoms with Crippen molar-refractivity contribution in [1.29, 1.82) is 0 Å². The van der Waals surface area contributed by atoms with E-state index in [0.717, 1.165) is 30.9 Å². The summed E-state index contributed by atoms with van der Waals surface area (Å²) < 4.78 is 0. The fourth-order valence-electron chi connectivity index (χ4n) is 1.96. The number of pyridine rings is 1. The number of carbonyl (C=O) groups excluding carboxylic acids is 1. The zero-order valence-corrected chi connectivity index (χ0v) is 10.3. The summed E-state index contributed by atoms with van der Waals surface area (Å²) in [7, 11) is 0. The Balaban J connectivity index is 1.90. The highest BCUT2D eigenvalue weighted by Gasteiger charge is 2.26. The van der Waals surface area contributed by atoms with Crippen molar-refractivity contribution in [3.8, 4) is 0 Å². The molecule has 1 aromatic heterocycles. The number of carbonyl (C=O) groups is 1. The quantitative estimate of drug-likeness (QED) is 0.806. The number of nitrogens with zero attached hydrogens (tertiary/aromatic N) is 2. The lowest BCUT2D eigenvalue weighted by molar-refractivity contribution is -0.127. The van der Waals surface area contributed by atoms with E-state index < -0.39 is 0 Å². The third-order valence-electron chi connectivity index (χ3n) is 2.78. The van der Waals surface area contributed by atoms with Gasteiger partial charge in [0.15, 0.2) is 0 Å². The Bertz CT molecular complexity index is 394. The molecule has 1 amide bonds. The van der Waals surface area contributed by atoms with E-state index in [9.17, 15) is 4.79 Å². The van der Waals surface area contributed by atoms with Gasteiger partial charge in [0.1, 0.15) is 0 Å². The van der Waals surface area contributed by atoms with Crippen molar-refractivity contribution in [2.75, 3.05) is 13.1 Å². The smallest absolute Gasteiger partial charge is 0.223 e. The van der Waals surface area contributed by atoms with Crippen molar-refractivity contribution >= 4 is 18.5 Å². The summed E-state index contributed by atoms with van der Waals surface area (Å²) in [5.74, 6) is 0.215. The molecule has 1 fully saturated rings. The molecule has 2 rings (SSSR count). The number of hydrogen-bond donors (Lipinski definition) is 1. The zero-order valence-electron chi connectivity index (χ0n) is 9.39. The molecule has 0 N–H and O–H groups in total. The van der Waals surface area contributed by atoms with Crippen LogP contribution in [0.15, 0.2) is 18.2 Å². The van der Waals surface area contributed by atoms with Crippen molar-refractivity contribution in [2.45, 2.75) is 25.0 Å². The molecule has 0 saturated carbocycles. The Morgan fingerprint density at radius 1 is 1.56 bits per heavy atom. The van der Waals surface area contributed by atoms with Crippen molar-refractivity contribution in [3.05, 3.63) is 29.6 Å². The van der Waals surface area contributed by atoms with Crippen LogP contribution in [0, 0.1) is 6.92 Å². The van der Waals surface area contributed by atoms with Crippen LogP contribution in [-0.2, 0) is 11.2 Å². The summed E-state index contributed by atoms with van der Waals surface area (Å²) in [6.07, 6.45) is 1.40. The zero-order chi connectivity index (χ0) is 11.5. The van der Waals surface area contributed by atoms with E-state index in [0.29, 0.717) is 6.42 Å². The average molecular weight is 236 g/mol. The summed E-state index contributed by atoms with van der Waals surface area (Å²) in [6.45, 7) is 3.51. The third kappa shape index (κ3) is 2.76. The lowest BCUT2D eigenvalue weighted by atomic mass is 10.2. The minimum absolute atomic E-state index is 0.206. The second-order valence-electron chi connectivity index (χ2n) is 4.22. The lowest BCUT2D eigenvalue weighted by Crippen LogP contribution is -2.27. The minimum atomic E-state index is 0.206. The molecule has 86 valence electrons. The largest absolute Gasteiger partial charge is 0.341 e. The van der Waals surface area contributed by atoms with Crippen LogP contribution in [0.1, 0.15) is 17.8 Å². The molecule has 4 heteroatoms. The van der Waals surface area contributed by atoms with Crippen LogP contribution >= 0.6 is 12.6 Å². The summed E-state index contributed by atoms with van der Waals surface area (Å²) in [5, 5.41) is 0.206. The van der Waals surface area contributed by atoms with Crippen molar-refractivity contribution in [2.24, 2.45) is 0 Å². The standard InChI is InChI=1S/C12H16N2OS/c1-9-3-2-4-10(13-9)5-6-14-8-11(16)7-12(14)15/h2-4,11,16H,5-8H2,1H3. The normalized spacial score (nSPS) is 20.5. The lowest BCUT2D eigenvalue weighted by Gasteiger charge is -2.15. The van der Waals surface area contributed by atoms with Crippen LogP contribution in [0.4, 0.5) is 0 Å². The van der Waals surface area contributed by atoms with Gasteiger partial charge in [-0.05, 0) is 19.1 Å². The van der Waals surface area contributed by atoms with Crippen LogP contribution < -0.4 is 0 Å². The van der Waals surface area contributed by atoms with E-state index >= 15 is 0 Å². The van der Waals surface area contributed by atoms with Gasteiger partial charge in [-0.25, -0.2) is 0 Å². The molecule has 3 nitrogen and oxygen atoms in total. The molecule has 1 atom stereocenters. The number of rotatable bonds is 3. The van der Waals surface area contributed by atoms with Gasteiger partial charge in [0.05, 0.1) is 0 Å². The number of likely N-dealkylation sites (tertiary alicyclic amines) is 1. The van der Waals surface area contributed by atoms with Crippen molar-refractivity contribution < 1.29 is 4.79 Å². The van der Waals surface area contributed by atoms with Gasteiger partial charge in [-0.1, -0.05) is 6.07 Å². The third-order valence-corrected chi connectivity index (χ3v) is 3.12. The maximum atomic E-state index is 11.5. The number of aryl methyl sites for hydroxylation is 1. The highest BCUT2D eigenvalue weighted by atomic mass is 32.1. The maximum absolute atomic E-state index is 11.5. The molecule has 1 aliphatic heterocycles. The predicted octanol–water partition coefficient (Wildman–Crippen LogP) is 1.46. The monoisotopic (exact) mass is 236 g/mol. The van der Waals surface area contributed by atoms with Gasteiger partial charge in [-0.15, -0.1) is 0 Å². The fraction of sp³-hybridized carbons (Fsp3) is 0.500. The first kappa shape index (κ1) is 11.5. The van der Waals surface area contributed by atoms with E-state index in [-0.39, 0.29) is 11.2 Å². The van der Waals surface area contributed by atoms with E-state index in [1.54, 1.807) is 0 Å². The van der Waals surface area contributed by atoms with E-state index in [1.807, 2.05) is 30.0 Å². The molecule has 0 radical (unpaired) electrons. The summed E-state index contributed by atoms with van der Waals surface area (Å²) in [4.78, 5) is 17.8. The summed E-state index contributed by atoms with van der Waals surface area (Å²) in [5.41, 5.74) is 2.08. The Kier molecular flexibility index (Phi) is 3.49. The van der Waals surface area contributed by atoms with E-state index in [1.165, 1.54) is 0 Å². The van der Waals surface area contributed by atoms with Crippen LogP contribution in [0.25, 0.3) is 0 Å². The Morgan fingerprint density at radius 2 is 2.38 bits per heavy atom. The molecule has 16 heavy (non-hydrogen) atoms. The van der Waals surface area contributed by atoms with Gasteiger partial charge in [-0.2, -0.15) is 12.6 Å². The molecule has 1 saturated heterocycles. The van der Waals surface area contributed by atoms with E-state index in [4.69, 9.17) is 0 Å². The Hall–Kier alpha value is -1.03. The maximum Gasteiger partial charge on any atom is 0.223 e. The van der Waals surface area contributed by atoms with Gasteiger partial charge in [0, 0.05) is 42.6 Å². The second kappa shape index (κ2) is 4.87. The Labute approximate surface area is 101 Å². The van der Waals surface area contributed by atoms with E-state index in [2.05, 4.69) is 17.6 Å². The minimum Gasteiger partial charge on any atom is -0.341 e. The molecule has 0 aromatic carbocycles. The number of aromatic nitrogens is 1. The second-order valence-corrected chi connectivity index (χ2v) is 4.95. The van der Waals surface area contributed by atoms with Gasteiger partial charge in [0.2, 0.25) is 5.91 Å². The number of amides is 1. The molecular weight excluding hydrogens is 220 g/mol. The van der Waals surface area contributed by atoms with Crippen LogP contribution in [-0.4, -0.2) is 34.1 Å². The molecule has 2 heterocycles. The highest BCUT2D eigenvalue weighted by Crippen LogP contribution is 2.16. The Morgan fingerprint density at radius 3 is 3.00 bits per heavy atom. The predicted molar refractivity (Wildman–Crippen MR) is 66.6 cm³/mol. The first-order chi connectivity index (χ1) is 7.65. The van der Waals surface area contributed by atoms with Crippen molar-refractivity contribution in [3.63, 3.8) is 0 Å². The molecule has 0 bridgehead atoms. The number of hydrogen-bond acceptors (Lipinski definition) is 3. The summed E-state index contributed by atoms with van der Waals surface area (Å²) in [6, 6.07) is 5.99. The first-order valence-corrected chi connectivity index (χ1v) is 6.05. The summed E-state index contributed by atoms with van der Waals surface area (Å²) >= 11 is 4.33. The number of thiol groups is 1. The SMILES string of the molecule is Cc1cccc(CCN2CC(S)CC2=O)n1. The molecule has 1 aliphatic rings. The van der Waals surface area contributed by atoms with Crippen LogP contribution in [0.2, 0.25) is 0 Å². The van der Waals surface area contributed by atoms with Gasteiger partial charge < -0.3 is 4.90 Å². The first-order valence-electron chi connectivity index (χ1n) is 5.53. The van der Waals surface area contributed by atoms with Gasteiger partial charge in [-0.3, -0.25) is 9.78 Å². The van der Waals surface area contributed by atoms with Crippen LogP contribution in [0.5, 0.6) is 0 Å². The molecular formula is C12H16N2OS. The fourth-order valence-corrected chi connectivity index (χ4v) is 2.31. The van der Waals surface area contributed by atoms with Gasteiger partial charge >= 0.3 is 0 Å².